The van der Waals surface area contributed by atoms with Gasteiger partial charge >= 0.3 is 0 Å². The summed E-state index contributed by atoms with van der Waals surface area (Å²) in [6.45, 7) is 7.23. The van der Waals surface area contributed by atoms with Crippen molar-refractivity contribution in [2.75, 3.05) is 26.4 Å². The monoisotopic (exact) mass is 268 g/mol. The Morgan fingerprint density at radius 1 is 1.26 bits per heavy atom. The fourth-order valence-corrected chi connectivity index (χ4v) is 2.55. The fraction of sp³-hybridized carbons (Fsp3) is 0.933. The third kappa shape index (κ3) is 5.90. The summed E-state index contributed by atoms with van der Waals surface area (Å²) in [5, 5.41) is 12.8. The maximum atomic E-state index is 9.43. The second-order valence-electron chi connectivity index (χ2n) is 5.32. The van der Waals surface area contributed by atoms with E-state index >= 15 is 0 Å². The molecule has 2 unspecified atom stereocenters. The standard InChI is InChI=1S/C15H28N2O2/c1-3-8-17-15(13-16)7-5-6-14(12-15)19-11-10-18-9-4-2/h14,17H,3-12H2,1-2H3. The molecule has 0 amide bonds. The van der Waals surface area contributed by atoms with Gasteiger partial charge in [0.05, 0.1) is 25.4 Å². The fourth-order valence-electron chi connectivity index (χ4n) is 2.55. The molecular weight excluding hydrogens is 240 g/mol. The van der Waals surface area contributed by atoms with Crippen molar-refractivity contribution in [2.24, 2.45) is 0 Å². The number of nitriles is 1. The largest absolute Gasteiger partial charge is 0.379 e. The van der Waals surface area contributed by atoms with Gasteiger partial charge in [-0.15, -0.1) is 0 Å². The van der Waals surface area contributed by atoms with Crippen molar-refractivity contribution in [1.29, 1.82) is 5.26 Å². The van der Waals surface area contributed by atoms with Gasteiger partial charge in [0.15, 0.2) is 0 Å². The molecule has 0 bridgehead atoms. The van der Waals surface area contributed by atoms with Crippen molar-refractivity contribution in [3.63, 3.8) is 0 Å². The number of ether oxygens (including phenoxy) is 2. The molecule has 4 nitrogen and oxygen atoms in total. The lowest BCUT2D eigenvalue weighted by Crippen LogP contribution is -2.49. The minimum atomic E-state index is -0.372. The zero-order chi connectivity index (χ0) is 14.0. The van der Waals surface area contributed by atoms with Gasteiger partial charge in [0, 0.05) is 13.0 Å². The van der Waals surface area contributed by atoms with Gasteiger partial charge in [0.2, 0.25) is 0 Å². The molecule has 1 aliphatic carbocycles. The highest BCUT2D eigenvalue weighted by Gasteiger charge is 2.36. The van der Waals surface area contributed by atoms with Crippen LogP contribution in [0.25, 0.3) is 0 Å². The molecule has 2 atom stereocenters. The molecular formula is C15H28N2O2. The molecule has 0 radical (unpaired) electrons. The topological polar surface area (TPSA) is 54.3 Å². The average Bonchev–Trinajstić information content (AvgIpc) is 2.45. The van der Waals surface area contributed by atoms with Crippen molar-refractivity contribution in [3.05, 3.63) is 0 Å². The van der Waals surface area contributed by atoms with E-state index in [0.717, 1.165) is 51.7 Å². The SMILES string of the molecule is CCCNC1(C#N)CCCC(OCCOCCC)C1. The van der Waals surface area contributed by atoms with Crippen LogP contribution in [-0.2, 0) is 9.47 Å². The zero-order valence-corrected chi connectivity index (χ0v) is 12.4. The van der Waals surface area contributed by atoms with Crippen molar-refractivity contribution < 1.29 is 9.47 Å². The van der Waals surface area contributed by atoms with Crippen LogP contribution in [0.2, 0.25) is 0 Å². The third-order valence-corrected chi connectivity index (χ3v) is 3.56. The molecule has 1 rings (SSSR count). The molecule has 0 aliphatic heterocycles. The Balaban J connectivity index is 2.30. The lowest BCUT2D eigenvalue weighted by atomic mass is 9.81. The van der Waals surface area contributed by atoms with E-state index in [1.54, 1.807) is 0 Å². The molecule has 0 aromatic carbocycles. The van der Waals surface area contributed by atoms with Crippen LogP contribution in [0.4, 0.5) is 0 Å². The van der Waals surface area contributed by atoms with Gasteiger partial charge in [-0.05, 0) is 38.6 Å². The van der Waals surface area contributed by atoms with E-state index in [2.05, 4.69) is 25.2 Å². The maximum Gasteiger partial charge on any atom is 0.109 e. The summed E-state index contributed by atoms with van der Waals surface area (Å²) in [6, 6.07) is 2.47. The smallest absolute Gasteiger partial charge is 0.109 e. The van der Waals surface area contributed by atoms with Crippen LogP contribution in [0.15, 0.2) is 0 Å². The van der Waals surface area contributed by atoms with Gasteiger partial charge in [0.25, 0.3) is 0 Å². The molecule has 0 spiro atoms. The van der Waals surface area contributed by atoms with Crippen molar-refractivity contribution in [1.82, 2.24) is 5.32 Å². The van der Waals surface area contributed by atoms with E-state index in [1.807, 2.05) is 0 Å². The summed E-state index contributed by atoms with van der Waals surface area (Å²) in [6.07, 6.45) is 6.16. The lowest BCUT2D eigenvalue weighted by Gasteiger charge is -2.36. The van der Waals surface area contributed by atoms with Crippen LogP contribution in [0.1, 0.15) is 52.4 Å². The van der Waals surface area contributed by atoms with E-state index in [0.29, 0.717) is 13.2 Å². The first-order valence-corrected chi connectivity index (χ1v) is 7.62. The van der Waals surface area contributed by atoms with E-state index in [1.165, 1.54) is 0 Å². The second kappa shape index (κ2) is 9.30. The predicted octanol–water partition coefficient (Wildman–Crippen LogP) is 2.63. The molecule has 1 N–H and O–H groups in total. The van der Waals surface area contributed by atoms with Gasteiger partial charge in [0.1, 0.15) is 5.54 Å². The Kier molecular flexibility index (Phi) is 8.04. The summed E-state index contributed by atoms with van der Waals surface area (Å²) in [4.78, 5) is 0. The predicted molar refractivity (Wildman–Crippen MR) is 76.0 cm³/mol. The summed E-state index contributed by atoms with van der Waals surface area (Å²) in [5.41, 5.74) is -0.372. The zero-order valence-electron chi connectivity index (χ0n) is 12.4. The number of hydrogen-bond donors (Lipinski definition) is 1. The molecule has 0 aromatic heterocycles. The molecule has 1 saturated carbocycles. The van der Waals surface area contributed by atoms with Gasteiger partial charge in [-0.25, -0.2) is 0 Å². The maximum absolute atomic E-state index is 9.43. The molecule has 19 heavy (non-hydrogen) atoms. The lowest BCUT2D eigenvalue weighted by molar-refractivity contribution is -0.0219. The van der Waals surface area contributed by atoms with E-state index in [-0.39, 0.29) is 11.6 Å². The highest BCUT2D eigenvalue weighted by atomic mass is 16.5. The van der Waals surface area contributed by atoms with Crippen LogP contribution < -0.4 is 5.32 Å². The normalized spacial score (nSPS) is 27.1. The Labute approximate surface area is 117 Å². The molecule has 1 fully saturated rings. The quantitative estimate of drug-likeness (QED) is 0.653. The summed E-state index contributed by atoms with van der Waals surface area (Å²) >= 11 is 0. The van der Waals surface area contributed by atoms with Crippen molar-refractivity contribution in [3.8, 4) is 6.07 Å². The van der Waals surface area contributed by atoms with Crippen LogP contribution >= 0.6 is 0 Å². The highest BCUT2D eigenvalue weighted by molar-refractivity contribution is 5.10. The third-order valence-electron chi connectivity index (χ3n) is 3.56. The van der Waals surface area contributed by atoms with E-state index in [4.69, 9.17) is 9.47 Å². The minimum Gasteiger partial charge on any atom is -0.379 e. The molecule has 1 aliphatic rings. The van der Waals surface area contributed by atoms with Gasteiger partial charge < -0.3 is 9.47 Å². The van der Waals surface area contributed by atoms with Gasteiger partial charge in [-0.3, -0.25) is 5.32 Å². The Bertz CT molecular complexity index is 278. The second-order valence-corrected chi connectivity index (χ2v) is 5.32. The Morgan fingerprint density at radius 3 is 2.79 bits per heavy atom. The first-order chi connectivity index (χ1) is 9.26. The summed E-state index contributed by atoms with van der Waals surface area (Å²) in [7, 11) is 0. The molecule has 0 heterocycles. The van der Waals surface area contributed by atoms with Crippen LogP contribution in [0.3, 0.4) is 0 Å². The van der Waals surface area contributed by atoms with Crippen molar-refractivity contribution >= 4 is 0 Å². The van der Waals surface area contributed by atoms with Gasteiger partial charge in [-0.2, -0.15) is 5.26 Å². The van der Waals surface area contributed by atoms with Crippen molar-refractivity contribution in [2.45, 2.75) is 64.0 Å². The van der Waals surface area contributed by atoms with Crippen LogP contribution in [0, 0.1) is 11.3 Å². The van der Waals surface area contributed by atoms with E-state index in [9.17, 15) is 5.26 Å². The Hall–Kier alpha value is -0.630. The van der Waals surface area contributed by atoms with Crippen LogP contribution in [0.5, 0.6) is 0 Å². The number of hydrogen-bond acceptors (Lipinski definition) is 4. The highest BCUT2D eigenvalue weighted by Crippen LogP contribution is 2.29. The molecule has 110 valence electrons. The molecule has 0 aromatic rings. The summed E-state index contributed by atoms with van der Waals surface area (Å²) < 4.78 is 11.3. The minimum absolute atomic E-state index is 0.197. The first-order valence-electron chi connectivity index (χ1n) is 7.62. The van der Waals surface area contributed by atoms with E-state index < -0.39 is 0 Å². The number of rotatable bonds is 9. The van der Waals surface area contributed by atoms with Crippen LogP contribution in [-0.4, -0.2) is 38.0 Å². The summed E-state index contributed by atoms with van der Waals surface area (Å²) in [5.74, 6) is 0. The van der Waals surface area contributed by atoms with Gasteiger partial charge in [-0.1, -0.05) is 13.8 Å². The molecule has 0 saturated heterocycles. The number of nitrogens with zero attached hydrogens (tertiary/aromatic N) is 1. The Morgan fingerprint density at radius 2 is 2.11 bits per heavy atom. The number of nitrogens with one attached hydrogen (secondary N) is 1. The molecule has 4 heteroatoms. The first kappa shape index (κ1) is 16.4. The average molecular weight is 268 g/mol.